The molecule has 0 aliphatic carbocycles. The van der Waals surface area contributed by atoms with E-state index < -0.39 is 17.2 Å². The van der Waals surface area contributed by atoms with Crippen molar-refractivity contribution in [2.75, 3.05) is 23.7 Å². The van der Waals surface area contributed by atoms with Crippen LogP contribution >= 0.6 is 0 Å². The number of carbonyl (C=O) groups is 1. The Morgan fingerprint density at radius 1 is 1.10 bits per heavy atom. The number of imidazole rings is 1. The molecule has 5 rings (SSSR count). The average Bonchev–Trinajstić information content (AvgIpc) is 3.34. The Hall–Kier alpha value is -3.99. The fourth-order valence-electron chi connectivity index (χ4n) is 5.21. The first-order valence-corrected chi connectivity index (χ1v) is 13.2. The number of ketones is 1. The van der Waals surface area contributed by atoms with E-state index in [1.54, 1.807) is 12.5 Å². The van der Waals surface area contributed by atoms with Gasteiger partial charge in [-0.3, -0.25) is 9.78 Å². The molecule has 1 aromatic carbocycles. The third-order valence-electron chi connectivity index (χ3n) is 7.38. The van der Waals surface area contributed by atoms with Gasteiger partial charge in [-0.1, -0.05) is 19.8 Å². The Morgan fingerprint density at radius 2 is 1.95 bits per heavy atom. The van der Waals surface area contributed by atoms with Crippen LogP contribution in [0.1, 0.15) is 51.0 Å². The van der Waals surface area contributed by atoms with Crippen molar-refractivity contribution in [1.82, 2.24) is 24.5 Å². The second-order valence-electron chi connectivity index (χ2n) is 10.2. The number of benzene rings is 1. The fourth-order valence-corrected chi connectivity index (χ4v) is 5.21. The van der Waals surface area contributed by atoms with E-state index in [4.69, 9.17) is 11.5 Å². The van der Waals surface area contributed by atoms with Gasteiger partial charge in [0.05, 0.1) is 36.0 Å². The lowest BCUT2D eigenvalue weighted by atomic mass is 9.83. The number of nitrogens with zero attached hydrogens (tertiary/aromatic N) is 6. The first-order chi connectivity index (χ1) is 18.8. The van der Waals surface area contributed by atoms with Crippen molar-refractivity contribution >= 4 is 28.5 Å². The second-order valence-corrected chi connectivity index (χ2v) is 10.2. The summed E-state index contributed by atoms with van der Waals surface area (Å²) in [6.07, 6.45) is 9.47. The van der Waals surface area contributed by atoms with Gasteiger partial charge in [0.1, 0.15) is 11.8 Å². The van der Waals surface area contributed by atoms with E-state index in [-0.39, 0.29) is 11.6 Å². The maximum atomic E-state index is 14.0. The van der Waals surface area contributed by atoms with Gasteiger partial charge in [0.15, 0.2) is 28.9 Å². The highest BCUT2D eigenvalue weighted by molar-refractivity contribution is 5.89. The highest BCUT2D eigenvalue weighted by Crippen LogP contribution is 2.32. The molecule has 0 saturated carbocycles. The Kier molecular flexibility index (Phi) is 7.51. The molecule has 1 unspecified atom stereocenters. The number of pyridine rings is 1. The quantitative estimate of drug-likeness (QED) is 0.305. The molecule has 204 valence electrons. The SMILES string of the molecule is CCCCCC(=O)C1(N)CCCN(c2cnc(-c3ccc(F)c(F)c3)cc2Cn2cnc3c(N)ncnc32)C1. The van der Waals surface area contributed by atoms with E-state index in [1.807, 2.05) is 10.6 Å². The van der Waals surface area contributed by atoms with Gasteiger partial charge in [0.25, 0.3) is 0 Å². The highest BCUT2D eigenvalue weighted by Gasteiger charge is 2.38. The molecule has 4 N–H and O–H groups in total. The van der Waals surface area contributed by atoms with E-state index in [0.717, 1.165) is 49.1 Å². The van der Waals surface area contributed by atoms with Gasteiger partial charge in [-0.25, -0.2) is 23.7 Å². The number of halogens is 2. The first-order valence-electron chi connectivity index (χ1n) is 13.2. The van der Waals surface area contributed by atoms with E-state index in [1.165, 1.54) is 12.4 Å². The minimum absolute atomic E-state index is 0.0846. The van der Waals surface area contributed by atoms with E-state index in [2.05, 4.69) is 31.8 Å². The zero-order valence-corrected chi connectivity index (χ0v) is 21.9. The number of rotatable bonds is 9. The molecule has 0 amide bonds. The maximum absolute atomic E-state index is 14.0. The van der Waals surface area contributed by atoms with Gasteiger partial charge < -0.3 is 20.9 Å². The molecule has 1 fully saturated rings. The number of nitrogen functional groups attached to an aromatic ring is 1. The molecule has 1 saturated heterocycles. The smallest absolute Gasteiger partial charge is 0.165 e. The molecule has 9 nitrogen and oxygen atoms in total. The predicted octanol–water partition coefficient (Wildman–Crippen LogP) is 4.24. The zero-order chi connectivity index (χ0) is 27.6. The van der Waals surface area contributed by atoms with Crippen LogP contribution in [0.3, 0.4) is 0 Å². The van der Waals surface area contributed by atoms with Gasteiger partial charge in [0.2, 0.25) is 0 Å². The Bertz CT molecular complexity index is 1510. The van der Waals surface area contributed by atoms with Gasteiger partial charge in [-0.2, -0.15) is 0 Å². The summed E-state index contributed by atoms with van der Waals surface area (Å²) in [6, 6.07) is 5.54. The Balaban J connectivity index is 1.52. The molecule has 1 aliphatic rings. The summed E-state index contributed by atoms with van der Waals surface area (Å²) in [5.74, 6) is -1.50. The molecule has 4 aromatic rings. The number of hydrogen-bond donors (Lipinski definition) is 2. The molecule has 0 spiro atoms. The number of piperidine rings is 1. The number of fused-ring (bicyclic) bond motifs is 1. The number of unbranched alkanes of at least 4 members (excludes halogenated alkanes) is 2. The van der Waals surface area contributed by atoms with E-state index in [0.29, 0.717) is 54.9 Å². The monoisotopic (exact) mass is 534 g/mol. The fraction of sp³-hybridized carbons (Fsp3) is 0.393. The lowest BCUT2D eigenvalue weighted by Crippen LogP contribution is -2.59. The maximum Gasteiger partial charge on any atom is 0.165 e. The van der Waals surface area contributed by atoms with Crippen molar-refractivity contribution in [2.45, 2.75) is 57.5 Å². The lowest BCUT2D eigenvalue weighted by molar-refractivity contribution is -0.124. The summed E-state index contributed by atoms with van der Waals surface area (Å²) in [5, 5.41) is 0. The molecule has 11 heteroatoms. The minimum Gasteiger partial charge on any atom is -0.382 e. The van der Waals surface area contributed by atoms with Gasteiger partial charge in [-0.15, -0.1) is 0 Å². The van der Waals surface area contributed by atoms with Gasteiger partial charge >= 0.3 is 0 Å². The molecule has 1 atom stereocenters. The van der Waals surface area contributed by atoms with Crippen molar-refractivity contribution in [3.8, 4) is 11.3 Å². The topological polar surface area (TPSA) is 129 Å². The van der Waals surface area contributed by atoms with Gasteiger partial charge in [0, 0.05) is 25.1 Å². The summed E-state index contributed by atoms with van der Waals surface area (Å²) in [4.78, 5) is 32.5. The lowest BCUT2D eigenvalue weighted by Gasteiger charge is -2.41. The minimum atomic E-state index is -0.946. The molecular formula is C28H32F2N8O. The standard InChI is InChI=1S/C28H32F2N8O/c1-2-3-4-6-24(39)28(32)9-5-10-37(15-28)23-13-33-22(18-7-8-20(29)21(30)11-18)12-19(23)14-38-17-36-25-26(31)34-16-35-27(25)38/h7-8,11-13,16-17H,2-6,9-10,14-15,32H2,1H3,(H2,31,34,35). The van der Waals surface area contributed by atoms with Crippen LogP contribution in [0.2, 0.25) is 0 Å². The largest absolute Gasteiger partial charge is 0.382 e. The Morgan fingerprint density at radius 3 is 2.74 bits per heavy atom. The third kappa shape index (κ3) is 5.44. The molecule has 3 aromatic heterocycles. The highest BCUT2D eigenvalue weighted by atomic mass is 19.2. The predicted molar refractivity (Wildman–Crippen MR) is 146 cm³/mol. The number of anilines is 2. The van der Waals surface area contributed by atoms with Crippen LogP contribution in [0, 0.1) is 11.6 Å². The van der Waals surface area contributed by atoms with Crippen LogP contribution in [0.4, 0.5) is 20.3 Å². The first kappa shape index (κ1) is 26.6. The van der Waals surface area contributed by atoms with Crippen molar-refractivity contribution in [1.29, 1.82) is 0 Å². The van der Waals surface area contributed by atoms with Crippen LogP contribution in [-0.4, -0.2) is 48.9 Å². The number of carbonyl (C=O) groups excluding carboxylic acids is 1. The van der Waals surface area contributed by atoms with Crippen LogP contribution in [0.5, 0.6) is 0 Å². The normalized spacial score (nSPS) is 17.6. The van der Waals surface area contributed by atoms with Crippen LogP contribution in [-0.2, 0) is 11.3 Å². The average molecular weight is 535 g/mol. The molecule has 39 heavy (non-hydrogen) atoms. The summed E-state index contributed by atoms with van der Waals surface area (Å²) < 4.78 is 29.5. The van der Waals surface area contributed by atoms with Crippen LogP contribution in [0.15, 0.2) is 43.1 Å². The van der Waals surface area contributed by atoms with E-state index in [9.17, 15) is 13.6 Å². The van der Waals surface area contributed by atoms with Crippen LogP contribution in [0.25, 0.3) is 22.4 Å². The molecule has 0 radical (unpaired) electrons. The number of hydrogen-bond acceptors (Lipinski definition) is 8. The second kappa shape index (κ2) is 11.0. The summed E-state index contributed by atoms with van der Waals surface area (Å²) >= 11 is 0. The van der Waals surface area contributed by atoms with Crippen molar-refractivity contribution < 1.29 is 13.6 Å². The van der Waals surface area contributed by atoms with Crippen molar-refractivity contribution in [2.24, 2.45) is 5.73 Å². The summed E-state index contributed by atoms with van der Waals surface area (Å²) in [6.45, 7) is 3.53. The summed E-state index contributed by atoms with van der Waals surface area (Å²) in [5.41, 5.74) is 15.4. The van der Waals surface area contributed by atoms with Crippen LogP contribution < -0.4 is 16.4 Å². The van der Waals surface area contributed by atoms with Crippen molar-refractivity contribution in [3.63, 3.8) is 0 Å². The number of Topliss-reactive ketones (excluding diaryl/α,β-unsaturated/α-hetero) is 1. The summed E-state index contributed by atoms with van der Waals surface area (Å²) in [7, 11) is 0. The number of aromatic nitrogens is 5. The third-order valence-corrected chi connectivity index (χ3v) is 7.38. The molecule has 4 heterocycles. The molecule has 1 aliphatic heterocycles. The number of nitrogens with two attached hydrogens (primary N) is 2. The zero-order valence-electron chi connectivity index (χ0n) is 21.9. The van der Waals surface area contributed by atoms with Gasteiger partial charge in [-0.05, 0) is 49.1 Å². The van der Waals surface area contributed by atoms with Crippen molar-refractivity contribution in [3.05, 3.63) is 60.3 Å². The molecular weight excluding hydrogens is 502 g/mol. The Labute approximate surface area is 225 Å². The van der Waals surface area contributed by atoms with E-state index >= 15 is 0 Å². The molecule has 0 bridgehead atoms.